The fourth-order valence-electron chi connectivity index (χ4n) is 5.85. The number of ether oxygens (including phenoxy) is 1. The lowest BCUT2D eigenvalue weighted by atomic mass is 9.84. The lowest BCUT2D eigenvalue weighted by molar-refractivity contribution is -0.135. The van der Waals surface area contributed by atoms with E-state index in [1.54, 1.807) is 4.90 Å². The quantitative estimate of drug-likeness (QED) is 0.374. The monoisotopic (exact) mass is 564 g/mol. The molecular formula is C32H31F3N2O4. The van der Waals surface area contributed by atoms with E-state index < -0.39 is 28.7 Å². The Balaban J connectivity index is 1.32. The highest BCUT2D eigenvalue weighted by Crippen LogP contribution is 2.42. The summed E-state index contributed by atoms with van der Waals surface area (Å²) >= 11 is 0. The van der Waals surface area contributed by atoms with Gasteiger partial charge in [-0.15, -0.1) is 0 Å². The fourth-order valence-corrected chi connectivity index (χ4v) is 5.85. The SMILES string of the molecule is O=C(c1ccc(O)c(F)c1)N1CCC2(CCC(COCc3ccccc3)N2C(=O)/C=C/c2ccc(F)cc2F)CC1. The molecular weight excluding hydrogens is 533 g/mol. The van der Waals surface area contributed by atoms with Gasteiger partial charge < -0.3 is 19.6 Å². The van der Waals surface area contributed by atoms with Crippen LogP contribution in [0.1, 0.15) is 47.2 Å². The molecule has 3 aromatic carbocycles. The van der Waals surface area contributed by atoms with Crippen molar-refractivity contribution in [3.8, 4) is 5.75 Å². The molecule has 0 aliphatic carbocycles. The molecule has 2 heterocycles. The largest absolute Gasteiger partial charge is 0.505 e. The number of carbonyl (C=O) groups excluding carboxylic acids is 2. The van der Waals surface area contributed by atoms with Crippen molar-refractivity contribution in [2.45, 2.75) is 43.9 Å². The second kappa shape index (κ2) is 12.2. The highest BCUT2D eigenvalue weighted by molar-refractivity contribution is 5.95. The Morgan fingerprint density at radius 2 is 1.71 bits per heavy atom. The Hall–Kier alpha value is -4.11. The average molecular weight is 565 g/mol. The second-order valence-corrected chi connectivity index (χ2v) is 10.6. The highest BCUT2D eigenvalue weighted by atomic mass is 19.1. The zero-order chi connectivity index (χ0) is 29.0. The molecule has 1 spiro atoms. The van der Waals surface area contributed by atoms with Crippen molar-refractivity contribution in [3.05, 3.63) is 107 Å². The summed E-state index contributed by atoms with van der Waals surface area (Å²) < 4.78 is 47.4. The number of phenols is 1. The van der Waals surface area contributed by atoms with E-state index in [1.807, 2.05) is 35.2 Å². The van der Waals surface area contributed by atoms with Crippen LogP contribution in [0.3, 0.4) is 0 Å². The summed E-state index contributed by atoms with van der Waals surface area (Å²) in [5, 5.41) is 9.46. The topological polar surface area (TPSA) is 70.1 Å². The van der Waals surface area contributed by atoms with E-state index in [1.165, 1.54) is 24.3 Å². The molecule has 0 radical (unpaired) electrons. The second-order valence-electron chi connectivity index (χ2n) is 10.6. The average Bonchev–Trinajstić information content (AvgIpc) is 3.31. The molecule has 214 valence electrons. The summed E-state index contributed by atoms with van der Waals surface area (Å²) in [6.45, 7) is 1.43. The van der Waals surface area contributed by atoms with Gasteiger partial charge >= 0.3 is 0 Å². The minimum Gasteiger partial charge on any atom is -0.505 e. The Kier molecular flexibility index (Phi) is 8.44. The molecule has 1 N–H and O–H groups in total. The van der Waals surface area contributed by atoms with Crippen molar-refractivity contribution in [1.29, 1.82) is 0 Å². The van der Waals surface area contributed by atoms with Gasteiger partial charge in [-0.2, -0.15) is 0 Å². The number of benzene rings is 3. The number of hydrogen-bond acceptors (Lipinski definition) is 4. The zero-order valence-corrected chi connectivity index (χ0v) is 22.4. The van der Waals surface area contributed by atoms with Crippen LogP contribution in [0.5, 0.6) is 5.75 Å². The van der Waals surface area contributed by atoms with Crippen LogP contribution >= 0.6 is 0 Å². The minimum absolute atomic E-state index is 0.103. The molecule has 9 heteroatoms. The number of nitrogens with zero attached hydrogens (tertiary/aromatic N) is 2. The van der Waals surface area contributed by atoms with Crippen LogP contribution in [0, 0.1) is 17.5 Å². The maximum absolute atomic E-state index is 14.2. The Labute approximate surface area is 236 Å². The normalized spacial score (nSPS) is 18.4. The first-order chi connectivity index (χ1) is 19.8. The number of halogens is 3. The standard InChI is InChI=1S/C32H31F3N2O4/c33-25-9-6-23(27(34)19-25)8-11-30(39)37-26(21-41-20-22-4-2-1-3-5-22)12-13-32(37)14-16-36(17-15-32)31(40)24-7-10-29(38)28(35)18-24/h1-11,18-19,26,38H,12-17,20-21H2/b11-8+. The van der Waals surface area contributed by atoms with Gasteiger partial charge in [-0.1, -0.05) is 30.3 Å². The number of carbonyl (C=O) groups is 2. The van der Waals surface area contributed by atoms with Crippen molar-refractivity contribution < 1.29 is 32.6 Å². The molecule has 0 bridgehead atoms. The minimum atomic E-state index is -0.861. The van der Waals surface area contributed by atoms with Gasteiger partial charge in [0.1, 0.15) is 11.6 Å². The summed E-state index contributed by atoms with van der Waals surface area (Å²) in [5.41, 5.74) is 0.737. The number of hydrogen-bond donors (Lipinski definition) is 1. The van der Waals surface area contributed by atoms with Crippen LogP contribution in [0.15, 0.2) is 72.8 Å². The summed E-state index contributed by atoms with van der Waals surface area (Å²) in [7, 11) is 0. The molecule has 2 aliphatic heterocycles. The molecule has 2 fully saturated rings. The van der Waals surface area contributed by atoms with Gasteiger partial charge in [0, 0.05) is 41.9 Å². The Bertz CT molecular complexity index is 1440. The predicted octanol–water partition coefficient (Wildman–Crippen LogP) is 5.71. The molecule has 0 saturated carbocycles. The summed E-state index contributed by atoms with van der Waals surface area (Å²) in [5.74, 6) is -3.49. The van der Waals surface area contributed by atoms with Crippen LogP contribution in [0.4, 0.5) is 13.2 Å². The van der Waals surface area contributed by atoms with Crippen molar-refractivity contribution in [1.82, 2.24) is 9.80 Å². The smallest absolute Gasteiger partial charge is 0.253 e. The molecule has 0 aromatic heterocycles. The van der Waals surface area contributed by atoms with Crippen molar-refractivity contribution >= 4 is 17.9 Å². The van der Waals surface area contributed by atoms with E-state index in [0.717, 1.165) is 29.8 Å². The molecule has 2 aliphatic rings. The Morgan fingerprint density at radius 1 is 0.951 bits per heavy atom. The lowest BCUT2D eigenvalue weighted by Gasteiger charge is -2.46. The maximum atomic E-state index is 14.2. The third-order valence-corrected chi connectivity index (χ3v) is 8.02. The van der Waals surface area contributed by atoms with Gasteiger partial charge in [-0.05, 0) is 67.7 Å². The molecule has 1 unspecified atom stereocenters. The van der Waals surface area contributed by atoms with Gasteiger partial charge in [-0.25, -0.2) is 13.2 Å². The lowest BCUT2D eigenvalue weighted by Crippen LogP contribution is -2.57. The third-order valence-electron chi connectivity index (χ3n) is 8.02. The summed E-state index contributed by atoms with van der Waals surface area (Å²) in [6, 6.07) is 16.2. The number of amides is 2. The molecule has 2 amide bonds. The first-order valence-corrected chi connectivity index (χ1v) is 13.6. The summed E-state index contributed by atoms with van der Waals surface area (Å²) in [6.07, 6.45) is 5.11. The molecule has 41 heavy (non-hydrogen) atoms. The highest BCUT2D eigenvalue weighted by Gasteiger charge is 2.50. The maximum Gasteiger partial charge on any atom is 0.253 e. The van der Waals surface area contributed by atoms with Crippen LogP contribution in [-0.4, -0.2) is 58.0 Å². The first kappa shape index (κ1) is 28.4. The molecule has 6 nitrogen and oxygen atoms in total. The molecule has 5 rings (SSSR count). The van der Waals surface area contributed by atoms with Gasteiger partial charge in [0.25, 0.3) is 5.91 Å². The van der Waals surface area contributed by atoms with Crippen molar-refractivity contribution in [2.75, 3.05) is 19.7 Å². The first-order valence-electron chi connectivity index (χ1n) is 13.6. The van der Waals surface area contributed by atoms with E-state index in [9.17, 15) is 27.9 Å². The number of likely N-dealkylation sites (tertiary alicyclic amines) is 2. The van der Waals surface area contributed by atoms with Crippen LogP contribution in [-0.2, 0) is 16.1 Å². The number of piperidine rings is 1. The van der Waals surface area contributed by atoms with Crippen LogP contribution in [0.2, 0.25) is 0 Å². The van der Waals surface area contributed by atoms with Crippen LogP contribution in [0.25, 0.3) is 6.08 Å². The summed E-state index contributed by atoms with van der Waals surface area (Å²) in [4.78, 5) is 30.1. The molecule has 2 saturated heterocycles. The van der Waals surface area contributed by atoms with E-state index in [-0.39, 0.29) is 29.0 Å². The van der Waals surface area contributed by atoms with E-state index >= 15 is 0 Å². The zero-order valence-electron chi connectivity index (χ0n) is 22.4. The predicted molar refractivity (Wildman–Crippen MR) is 147 cm³/mol. The van der Waals surface area contributed by atoms with Crippen molar-refractivity contribution in [3.63, 3.8) is 0 Å². The van der Waals surface area contributed by atoms with Gasteiger partial charge in [0.2, 0.25) is 5.91 Å². The number of aromatic hydroxyl groups is 1. The van der Waals surface area contributed by atoms with Gasteiger partial charge in [0.15, 0.2) is 11.6 Å². The fraction of sp³-hybridized carbons (Fsp3) is 0.312. The molecule has 3 aromatic rings. The van der Waals surface area contributed by atoms with Crippen molar-refractivity contribution in [2.24, 2.45) is 0 Å². The molecule has 1 atom stereocenters. The third kappa shape index (κ3) is 6.30. The Morgan fingerprint density at radius 3 is 2.41 bits per heavy atom. The van der Waals surface area contributed by atoms with Gasteiger partial charge in [0.05, 0.1) is 19.3 Å². The van der Waals surface area contributed by atoms with Crippen LogP contribution < -0.4 is 0 Å². The van der Waals surface area contributed by atoms with E-state index in [0.29, 0.717) is 52.0 Å². The van der Waals surface area contributed by atoms with Gasteiger partial charge in [-0.3, -0.25) is 9.59 Å². The van der Waals surface area contributed by atoms with E-state index in [2.05, 4.69) is 0 Å². The number of rotatable bonds is 7. The number of phenolic OH excluding ortho intramolecular Hbond substituents is 1. The van der Waals surface area contributed by atoms with E-state index in [4.69, 9.17) is 4.74 Å².